The van der Waals surface area contributed by atoms with Crippen LogP contribution in [0.25, 0.3) is 0 Å². The number of rotatable bonds is 2. The number of carbonyl (C=O) groups excluding carboxylic acids is 2. The number of benzene rings is 1. The van der Waals surface area contributed by atoms with Crippen LogP contribution in [-0.2, 0) is 9.63 Å². The summed E-state index contributed by atoms with van der Waals surface area (Å²) in [7, 11) is 0. The summed E-state index contributed by atoms with van der Waals surface area (Å²) in [4.78, 5) is 30.0. The van der Waals surface area contributed by atoms with Crippen molar-refractivity contribution in [2.24, 2.45) is 28.8 Å². The molecule has 0 spiro atoms. The summed E-state index contributed by atoms with van der Waals surface area (Å²) in [5, 5.41) is 4.21. The number of allylic oxidation sites excluding steroid dienone is 4. The van der Waals surface area contributed by atoms with Gasteiger partial charge in [0.1, 0.15) is 0 Å². The van der Waals surface area contributed by atoms with Crippen molar-refractivity contribution in [3.63, 3.8) is 0 Å². The Morgan fingerprint density at radius 2 is 1.68 bits per heavy atom. The zero-order valence-corrected chi connectivity index (χ0v) is 14.4. The average Bonchev–Trinajstić information content (AvgIpc) is 2.62. The molecule has 1 aromatic rings. The lowest BCUT2D eigenvalue weighted by molar-refractivity contribution is -0.122. The number of hydrogen-bond donors (Lipinski definition) is 0. The molecule has 0 radical (unpaired) electrons. The third-order valence-electron chi connectivity index (χ3n) is 5.67. The second kappa shape index (κ2) is 6.10. The van der Waals surface area contributed by atoms with Crippen molar-refractivity contribution >= 4 is 17.5 Å². The summed E-state index contributed by atoms with van der Waals surface area (Å²) in [6, 6.07) is 7.21. The third-order valence-corrected chi connectivity index (χ3v) is 5.67. The number of fused-ring (bicyclic) bond motifs is 1. The minimum absolute atomic E-state index is 0.0343. The van der Waals surface area contributed by atoms with Crippen molar-refractivity contribution in [2.75, 3.05) is 0 Å². The van der Waals surface area contributed by atoms with Crippen LogP contribution in [0.2, 0.25) is 0 Å². The van der Waals surface area contributed by atoms with Crippen LogP contribution in [0.4, 0.5) is 0 Å². The highest BCUT2D eigenvalue weighted by atomic mass is 16.7. The van der Waals surface area contributed by atoms with E-state index in [4.69, 9.17) is 4.84 Å². The van der Waals surface area contributed by atoms with Crippen LogP contribution in [0.1, 0.15) is 35.7 Å². The van der Waals surface area contributed by atoms with Gasteiger partial charge in [-0.2, -0.15) is 0 Å². The summed E-state index contributed by atoms with van der Waals surface area (Å²) >= 11 is 0. The Kier molecular flexibility index (Phi) is 3.91. The molecule has 5 rings (SSSR count). The molecule has 25 heavy (non-hydrogen) atoms. The standard InChI is InChI=1S/C21H21NO3/c1-12-3-5-16(6-4-12)21(24)25-22-20-13(2)11-17(23)18-14-7-9-15(10-8-14)19(18)20/h3-7,9,11,14-15,18-19H,8,10H2,1-2H3/b22-20-. The molecule has 0 N–H and O–H groups in total. The van der Waals surface area contributed by atoms with Gasteiger partial charge in [0, 0.05) is 11.8 Å². The second-order valence-electron chi connectivity index (χ2n) is 7.29. The maximum absolute atomic E-state index is 12.5. The molecule has 0 heterocycles. The van der Waals surface area contributed by atoms with E-state index in [1.165, 1.54) is 0 Å². The summed E-state index contributed by atoms with van der Waals surface area (Å²) in [6.07, 6.45) is 8.16. The minimum atomic E-state index is -0.467. The highest BCUT2D eigenvalue weighted by Crippen LogP contribution is 2.48. The van der Waals surface area contributed by atoms with Crippen LogP contribution < -0.4 is 0 Å². The number of aryl methyl sites for hydroxylation is 1. The number of carbonyl (C=O) groups is 2. The average molecular weight is 335 g/mol. The number of oxime groups is 1. The fourth-order valence-corrected chi connectivity index (χ4v) is 4.37. The van der Waals surface area contributed by atoms with E-state index >= 15 is 0 Å². The first-order valence-electron chi connectivity index (χ1n) is 8.81. The summed E-state index contributed by atoms with van der Waals surface area (Å²) in [5.74, 6) is 0.288. The lowest BCUT2D eigenvalue weighted by Crippen LogP contribution is -2.47. The van der Waals surface area contributed by atoms with Gasteiger partial charge in [-0.15, -0.1) is 0 Å². The monoisotopic (exact) mass is 335 g/mol. The van der Waals surface area contributed by atoms with Crippen LogP contribution >= 0.6 is 0 Å². The summed E-state index contributed by atoms with van der Waals surface area (Å²) < 4.78 is 0. The van der Waals surface area contributed by atoms with Crippen molar-refractivity contribution < 1.29 is 14.4 Å². The molecule has 1 saturated carbocycles. The van der Waals surface area contributed by atoms with E-state index in [1.54, 1.807) is 18.2 Å². The third kappa shape index (κ3) is 2.76. The fraction of sp³-hybridized carbons (Fsp3) is 0.381. The largest absolute Gasteiger partial charge is 0.365 e. The molecule has 1 aromatic carbocycles. The van der Waals surface area contributed by atoms with E-state index in [9.17, 15) is 9.59 Å². The number of hydrogen-bond acceptors (Lipinski definition) is 4. The van der Waals surface area contributed by atoms with Crippen LogP contribution in [0, 0.1) is 30.6 Å². The molecule has 4 aliphatic rings. The Hall–Kier alpha value is -2.49. The van der Waals surface area contributed by atoms with Crippen LogP contribution in [0.15, 0.2) is 53.2 Å². The van der Waals surface area contributed by atoms with Crippen LogP contribution in [0.3, 0.4) is 0 Å². The first-order valence-corrected chi connectivity index (χ1v) is 8.81. The van der Waals surface area contributed by atoms with Crippen molar-refractivity contribution in [3.05, 3.63) is 59.2 Å². The molecule has 0 amide bonds. The molecule has 4 heteroatoms. The molecule has 4 aliphatic carbocycles. The molecule has 128 valence electrons. The Morgan fingerprint density at radius 3 is 2.32 bits per heavy atom. The smallest absolute Gasteiger partial charge is 0.313 e. The molecule has 4 unspecified atom stereocenters. The summed E-state index contributed by atoms with van der Waals surface area (Å²) in [5.41, 5.74) is 3.12. The lowest BCUT2D eigenvalue weighted by atomic mass is 9.57. The van der Waals surface area contributed by atoms with Gasteiger partial charge < -0.3 is 4.84 Å². The zero-order chi connectivity index (χ0) is 17.6. The lowest BCUT2D eigenvalue weighted by Gasteiger charge is -2.46. The fourth-order valence-electron chi connectivity index (χ4n) is 4.37. The topological polar surface area (TPSA) is 55.7 Å². The van der Waals surface area contributed by atoms with Crippen molar-refractivity contribution in [3.8, 4) is 0 Å². The highest BCUT2D eigenvalue weighted by molar-refractivity contribution is 6.13. The minimum Gasteiger partial charge on any atom is -0.313 e. The van der Waals surface area contributed by atoms with Crippen LogP contribution in [-0.4, -0.2) is 17.5 Å². The number of ketones is 1. The van der Waals surface area contributed by atoms with E-state index in [-0.39, 0.29) is 23.5 Å². The van der Waals surface area contributed by atoms with E-state index in [0.717, 1.165) is 29.7 Å². The predicted octanol–water partition coefficient (Wildman–Crippen LogP) is 3.87. The van der Waals surface area contributed by atoms with Gasteiger partial charge in [-0.3, -0.25) is 4.79 Å². The molecular formula is C21H21NO3. The van der Waals surface area contributed by atoms with Gasteiger partial charge in [0.15, 0.2) is 5.78 Å². The Morgan fingerprint density at radius 1 is 1.04 bits per heavy atom. The number of nitrogens with zero attached hydrogens (tertiary/aromatic N) is 1. The van der Waals surface area contributed by atoms with Gasteiger partial charge in [-0.05, 0) is 62.3 Å². The molecule has 0 saturated heterocycles. The van der Waals surface area contributed by atoms with Crippen LogP contribution in [0.5, 0.6) is 0 Å². The Bertz CT molecular complexity index is 816. The SMILES string of the molecule is CC1=CC(=O)C2C3C=CC(CC3)C2/C1=N\OC(=O)c1ccc(C)cc1. The van der Waals surface area contributed by atoms with Crippen molar-refractivity contribution in [2.45, 2.75) is 26.7 Å². The zero-order valence-electron chi connectivity index (χ0n) is 14.4. The van der Waals surface area contributed by atoms with Gasteiger partial charge in [0.05, 0.1) is 11.3 Å². The van der Waals surface area contributed by atoms with Crippen molar-refractivity contribution in [1.82, 2.24) is 0 Å². The maximum atomic E-state index is 12.5. The first-order chi connectivity index (χ1) is 12.0. The van der Waals surface area contributed by atoms with Gasteiger partial charge in [0.25, 0.3) is 0 Å². The van der Waals surface area contributed by atoms with E-state index < -0.39 is 5.97 Å². The molecule has 2 bridgehead atoms. The molecule has 1 fully saturated rings. The van der Waals surface area contributed by atoms with Gasteiger partial charge >= 0.3 is 5.97 Å². The predicted molar refractivity (Wildman–Crippen MR) is 95.1 cm³/mol. The highest BCUT2D eigenvalue weighted by Gasteiger charge is 2.48. The van der Waals surface area contributed by atoms with Gasteiger partial charge in [-0.1, -0.05) is 35.0 Å². The van der Waals surface area contributed by atoms with Crippen molar-refractivity contribution in [1.29, 1.82) is 0 Å². The van der Waals surface area contributed by atoms with E-state index in [2.05, 4.69) is 17.3 Å². The Labute approximate surface area is 147 Å². The quantitative estimate of drug-likeness (QED) is 0.468. The second-order valence-corrected chi connectivity index (χ2v) is 7.29. The normalized spacial score (nSPS) is 31.7. The molecule has 0 aliphatic heterocycles. The van der Waals surface area contributed by atoms with Gasteiger partial charge in [-0.25, -0.2) is 4.79 Å². The van der Waals surface area contributed by atoms with E-state index in [1.807, 2.05) is 26.0 Å². The Balaban J connectivity index is 1.62. The first kappa shape index (κ1) is 16.0. The molecule has 4 nitrogen and oxygen atoms in total. The maximum Gasteiger partial charge on any atom is 0.365 e. The van der Waals surface area contributed by atoms with Gasteiger partial charge in [0.2, 0.25) is 0 Å². The molecule has 0 aromatic heterocycles. The molecule has 4 atom stereocenters. The summed E-state index contributed by atoms with van der Waals surface area (Å²) in [6.45, 7) is 3.84. The molecular weight excluding hydrogens is 314 g/mol. The van der Waals surface area contributed by atoms with E-state index in [0.29, 0.717) is 11.5 Å².